The van der Waals surface area contributed by atoms with Crippen LogP contribution in [0.5, 0.6) is 5.75 Å². The number of hydrogen-bond acceptors (Lipinski definition) is 5. The molecule has 0 aliphatic heterocycles. The minimum absolute atomic E-state index is 0.267. The topological polar surface area (TPSA) is 51.5 Å². The van der Waals surface area contributed by atoms with E-state index in [1.807, 2.05) is 0 Å². The monoisotopic (exact) mass is 354 g/mol. The van der Waals surface area contributed by atoms with Crippen LogP contribution in [0.25, 0.3) is 16.2 Å². The Morgan fingerprint density at radius 1 is 1.33 bits per heavy atom. The van der Waals surface area contributed by atoms with Crippen LogP contribution in [0.4, 0.5) is 18.3 Å². The van der Waals surface area contributed by atoms with E-state index >= 15 is 0 Å². The molecule has 1 saturated carbocycles. The number of nitrogens with one attached hydrogen (secondary N) is 1. The average Bonchev–Trinajstić information content (AvgIpc) is 3.12. The second kappa shape index (κ2) is 5.66. The minimum Gasteiger partial charge on any atom is -0.406 e. The van der Waals surface area contributed by atoms with Crippen LogP contribution >= 0.6 is 11.3 Å². The van der Waals surface area contributed by atoms with Gasteiger partial charge in [0.1, 0.15) is 5.75 Å². The summed E-state index contributed by atoms with van der Waals surface area (Å²) in [5.41, 5.74) is 1.09. The van der Waals surface area contributed by atoms with Gasteiger partial charge in [-0.25, -0.2) is 9.50 Å². The highest BCUT2D eigenvalue weighted by Crippen LogP contribution is 2.31. The highest BCUT2D eigenvalue weighted by atomic mass is 32.1. The summed E-state index contributed by atoms with van der Waals surface area (Å²) in [4.78, 5) is 5.11. The zero-order chi connectivity index (χ0) is 16.7. The molecule has 0 amide bonds. The van der Waals surface area contributed by atoms with E-state index in [4.69, 9.17) is 0 Å². The largest absolute Gasteiger partial charge is 0.573 e. The predicted octanol–water partition coefficient (Wildman–Crippen LogP) is 4.18. The molecule has 1 fully saturated rings. The molecular formula is C15H13F3N4OS. The molecule has 0 saturated heterocycles. The van der Waals surface area contributed by atoms with Gasteiger partial charge in [-0.1, -0.05) is 23.5 Å². The summed E-state index contributed by atoms with van der Waals surface area (Å²) < 4.78 is 42.5. The van der Waals surface area contributed by atoms with E-state index in [1.165, 1.54) is 42.4 Å². The van der Waals surface area contributed by atoms with Crippen molar-refractivity contribution < 1.29 is 17.9 Å². The summed E-state index contributed by atoms with van der Waals surface area (Å²) in [6, 6.07) is 5.75. The number of halogens is 3. The van der Waals surface area contributed by atoms with Gasteiger partial charge in [0.05, 0.1) is 11.9 Å². The van der Waals surface area contributed by atoms with Crippen LogP contribution in [-0.2, 0) is 0 Å². The molecule has 0 atom stereocenters. The molecule has 0 bridgehead atoms. The highest BCUT2D eigenvalue weighted by molar-refractivity contribution is 7.20. The van der Waals surface area contributed by atoms with E-state index in [-0.39, 0.29) is 5.75 Å². The van der Waals surface area contributed by atoms with Gasteiger partial charge in [0.2, 0.25) is 10.1 Å². The zero-order valence-electron chi connectivity index (χ0n) is 12.4. The van der Waals surface area contributed by atoms with Crippen molar-refractivity contribution in [2.75, 3.05) is 11.9 Å². The van der Waals surface area contributed by atoms with E-state index in [1.54, 1.807) is 16.8 Å². The SMILES string of the molecule is FC(F)(F)Oc1cccc(-c2cn3nc(NCC4CC4)sc3n2)c1. The Morgan fingerprint density at radius 2 is 2.17 bits per heavy atom. The molecule has 3 aromatic rings. The maximum atomic E-state index is 12.3. The second-order valence-corrected chi connectivity index (χ2v) is 6.62. The number of rotatable bonds is 5. The third kappa shape index (κ3) is 3.45. The number of aromatic nitrogens is 3. The lowest BCUT2D eigenvalue weighted by Crippen LogP contribution is -2.17. The van der Waals surface area contributed by atoms with Gasteiger partial charge in [0, 0.05) is 12.1 Å². The molecule has 2 heterocycles. The third-order valence-electron chi connectivity index (χ3n) is 3.65. The third-order valence-corrected chi connectivity index (χ3v) is 4.53. The fraction of sp³-hybridized carbons (Fsp3) is 0.333. The van der Waals surface area contributed by atoms with Crippen molar-refractivity contribution in [1.29, 1.82) is 0 Å². The molecule has 0 unspecified atom stereocenters. The van der Waals surface area contributed by atoms with Gasteiger partial charge in [-0.05, 0) is 30.9 Å². The van der Waals surface area contributed by atoms with Gasteiger partial charge in [-0.15, -0.1) is 18.3 Å². The fourth-order valence-corrected chi connectivity index (χ4v) is 3.11. The molecule has 126 valence electrons. The van der Waals surface area contributed by atoms with Gasteiger partial charge in [-0.2, -0.15) is 0 Å². The molecule has 9 heteroatoms. The molecule has 1 aliphatic rings. The molecule has 0 spiro atoms. The first-order valence-electron chi connectivity index (χ1n) is 7.42. The van der Waals surface area contributed by atoms with Crippen molar-refractivity contribution in [3.8, 4) is 17.0 Å². The number of alkyl halides is 3. The van der Waals surface area contributed by atoms with Gasteiger partial charge in [0.15, 0.2) is 0 Å². The lowest BCUT2D eigenvalue weighted by atomic mass is 10.1. The summed E-state index contributed by atoms with van der Waals surface area (Å²) in [6.45, 7) is 0.917. The van der Waals surface area contributed by atoms with Gasteiger partial charge >= 0.3 is 6.36 Å². The maximum absolute atomic E-state index is 12.3. The van der Waals surface area contributed by atoms with Gasteiger partial charge < -0.3 is 10.1 Å². The van der Waals surface area contributed by atoms with Gasteiger partial charge in [-0.3, -0.25) is 0 Å². The van der Waals surface area contributed by atoms with Crippen molar-refractivity contribution in [3.05, 3.63) is 30.5 Å². The van der Waals surface area contributed by atoms with Crippen LogP contribution in [0.15, 0.2) is 30.5 Å². The van der Waals surface area contributed by atoms with Crippen LogP contribution in [0.3, 0.4) is 0 Å². The van der Waals surface area contributed by atoms with E-state index in [0.717, 1.165) is 17.6 Å². The molecule has 1 aliphatic carbocycles. The van der Waals surface area contributed by atoms with Crippen LogP contribution in [0.2, 0.25) is 0 Å². The van der Waals surface area contributed by atoms with E-state index < -0.39 is 6.36 Å². The maximum Gasteiger partial charge on any atom is 0.573 e. The number of ether oxygens (including phenoxy) is 1. The van der Waals surface area contributed by atoms with Crippen LogP contribution in [0, 0.1) is 5.92 Å². The standard InChI is InChI=1S/C15H13F3N4OS/c16-15(17,18)23-11-3-1-2-10(6-11)12-8-22-14(20-12)24-13(21-22)19-7-9-4-5-9/h1-3,6,8-9H,4-5,7H2,(H,19,21). The van der Waals surface area contributed by atoms with Crippen LogP contribution in [0.1, 0.15) is 12.8 Å². The van der Waals surface area contributed by atoms with Crippen LogP contribution < -0.4 is 10.1 Å². The molecule has 1 N–H and O–H groups in total. The van der Waals surface area contributed by atoms with E-state index in [0.29, 0.717) is 16.2 Å². The summed E-state index contributed by atoms with van der Waals surface area (Å²) in [6.07, 6.45) is -0.496. The smallest absolute Gasteiger partial charge is 0.406 e. The molecule has 5 nitrogen and oxygen atoms in total. The first-order valence-corrected chi connectivity index (χ1v) is 8.24. The second-order valence-electron chi connectivity index (χ2n) is 5.66. The molecular weight excluding hydrogens is 341 g/mol. The molecule has 0 radical (unpaired) electrons. The number of fused-ring (bicyclic) bond motifs is 1. The van der Waals surface area contributed by atoms with E-state index in [2.05, 4.69) is 20.1 Å². The minimum atomic E-state index is -4.71. The van der Waals surface area contributed by atoms with Crippen molar-refractivity contribution in [2.45, 2.75) is 19.2 Å². The first kappa shape index (κ1) is 15.3. The normalized spacial score (nSPS) is 15.0. The number of anilines is 1. The molecule has 2 aromatic heterocycles. The van der Waals surface area contributed by atoms with E-state index in [9.17, 15) is 13.2 Å². The zero-order valence-corrected chi connectivity index (χ0v) is 13.2. The lowest BCUT2D eigenvalue weighted by molar-refractivity contribution is -0.274. The summed E-state index contributed by atoms with van der Waals surface area (Å²) in [5, 5.41) is 8.46. The molecule has 24 heavy (non-hydrogen) atoms. The van der Waals surface area contributed by atoms with Crippen molar-refractivity contribution in [3.63, 3.8) is 0 Å². The summed E-state index contributed by atoms with van der Waals surface area (Å²) in [5.74, 6) is 0.476. The Hall–Kier alpha value is -2.29. The Morgan fingerprint density at radius 3 is 2.88 bits per heavy atom. The fourth-order valence-electron chi connectivity index (χ4n) is 2.32. The summed E-state index contributed by atoms with van der Waals surface area (Å²) >= 11 is 1.42. The van der Waals surface area contributed by atoms with Crippen molar-refractivity contribution in [2.24, 2.45) is 5.92 Å². The van der Waals surface area contributed by atoms with Gasteiger partial charge in [0.25, 0.3) is 0 Å². The number of imidazole rings is 1. The predicted molar refractivity (Wildman–Crippen MR) is 84.2 cm³/mol. The number of hydrogen-bond donors (Lipinski definition) is 1. The number of benzene rings is 1. The Balaban J connectivity index is 1.55. The average molecular weight is 354 g/mol. The summed E-state index contributed by atoms with van der Waals surface area (Å²) in [7, 11) is 0. The quantitative estimate of drug-likeness (QED) is 0.747. The molecule has 1 aromatic carbocycles. The van der Waals surface area contributed by atoms with Crippen LogP contribution in [-0.4, -0.2) is 27.5 Å². The Kier molecular flexibility index (Phi) is 3.60. The Bertz CT molecular complexity index is 838. The highest BCUT2D eigenvalue weighted by Gasteiger charge is 2.31. The lowest BCUT2D eigenvalue weighted by Gasteiger charge is -2.09. The van der Waals surface area contributed by atoms with Crippen molar-refractivity contribution >= 4 is 21.4 Å². The molecule has 4 rings (SSSR count). The Labute approximate surface area is 139 Å². The first-order chi connectivity index (χ1) is 11.5. The number of nitrogens with zero attached hydrogens (tertiary/aromatic N) is 3. The van der Waals surface area contributed by atoms with Crippen molar-refractivity contribution in [1.82, 2.24) is 14.6 Å².